The second kappa shape index (κ2) is 11.9. The van der Waals surface area contributed by atoms with Gasteiger partial charge in [0.25, 0.3) is 0 Å². The molecule has 176 valence electrons. The molecular formula is C28H24ClN3OS2. The lowest BCUT2D eigenvalue weighted by atomic mass is 10.1. The van der Waals surface area contributed by atoms with E-state index in [4.69, 9.17) is 23.8 Å². The summed E-state index contributed by atoms with van der Waals surface area (Å²) in [4.78, 5) is 14.3. The van der Waals surface area contributed by atoms with Crippen LogP contribution in [-0.4, -0.2) is 11.0 Å². The number of hydrogen-bond acceptors (Lipinski definition) is 3. The molecule has 4 nitrogen and oxygen atoms in total. The molecule has 0 bridgehead atoms. The van der Waals surface area contributed by atoms with Gasteiger partial charge in [-0.3, -0.25) is 4.79 Å². The van der Waals surface area contributed by atoms with Crippen molar-refractivity contribution in [3.63, 3.8) is 0 Å². The maximum atomic E-state index is 13.4. The van der Waals surface area contributed by atoms with Crippen LogP contribution in [0.2, 0.25) is 5.02 Å². The van der Waals surface area contributed by atoms with E-state index in [0.29, 0.717) is 15.8 Å². The molecule has 0 heterocycles. The highest BCUT2D eigenvalue weighted by Crippen LogP contribution is 2.37. The molecule has 0 fully saturated rings. The molecule has 0 spiro atoms. The van der Waals surface area contributed by atoms with Crippen LogP contribution < -0.4 is 16.0 Å². The van der Waals surface area contributed by atoms with Crippen LogP contribution in [0.25, 0.3) is 0 Å². The Labute approximate surface area is 220 Å². The first kappa shape index (κ1) is 24.8. The van der Waals surface area contributed by atoms with Crippen molar-refractivity contribution >= 4 is 63.7 Å². The van der Waals surface area contributed by atoms with Crippen molar-refractivity contribution < 1.29 is 4.79 Å². The van der Waals surface area contributed by atoms with E-state index in [1.165, 1.54) is 11.8 Å². The van der Waals surface area contributed by atoms with E-state index in [1.807, 2.05) is 104 Å². The molecule has 35 heavy (non-hydrogen) atoms. The number of carbonyl (C=O) groups excluding carboxylic acids is 1. The Morgan fingerprint density at radius 1 is 0.771 bits per heavy atom. The molecule has 0 aromatic heterocycles. The van der Waals surface area contributed by atoms with Gasteiger partial charge >= 0.3 is 0 Å². The van der Waals surface area contributed by atoms with Crippen molar-refractivity contribution in [2.75, 3.05) is 16.0 Å². The molecule has 1 unspecified atom stereocenters. The zero-order chi connectivity index (χ0) is 24.6. The van der Waals surface area contributed by atoms with E-state index in [2.05, 4.69) is 16.0 Å². The van der Waals surface area contributed by atoms with E-state index < -0.39 is 5.25 Å². The molecule has 4 aromatic carbocycles. The van der Waals surface area contributed by atoms with E-state index >= 15 is 0 Å². The minimum atomic E-state index is -0.457. The third-order valence-electron chi connectivity index (χ3n) is 5.16. The summed E-state index contributed by atoms with van der Waals surface area (Å²) in [7, 11) is 0. The molecular weight excluding hydrogens is 494 g/mol. The number of benzene rings is 4. The molecule has 3 N–H and O–H groups in total. The highest BCUT2D eigenvalue weighted by molar-refractivity contribution is 8.00. The number of amides is 1. The van der Waals surface area contributed by atoms with Crippen molar-refractivity contribution in [3.05, 3.63) is 119 Å². The molecule has 0 aliphatic heterocycles. The van der Waals surface area contributed by atoms with E-state index in [-0.39, 0.29) is 5.91 Å². The van der Waals surface area contributed by atoms with E-state index in [9.17, 15) is 4.79 Å². The predicted molar refractivity (Wildman–Crippen MR) is 153 cm³/mol. The smallest absolute Gasteiger partial charge is 0.242 e. The van der Waals surface area contributed by atoms with Crippen LogP contribution in [0.3, 0.4) is 0 Å². The van der Waals surface area contributed by atoms with Crippen LogP contribution in [-0.2, 0) is 4.79 Å². The average molecular weight is 518 g/mol. The van der Waals surface area contributed by atoms with Crippen LogP contribution in [0.4, 0.5) is 17.1 Å². The summed E-state index contributed by atoms with van der Waals surface area (Å²) in [5.74, 6) is -0.124. The highest BCUT2D eigenvalue weighted by Gasteiger charge is 2.22. The molecule has 4 rings (SSSR count). The van der Waals surface area contributed by atoms with Gasteiger partial charge in [-0.15, -0.1) is 11.8 Å². The summed E-state index contributed by atoms with van der Waals surface area (Å²) in [5, 5.41) is 10.0. The Morgan fingerprint density at radius 3 is 2.11 bits per heavy atom. The second-order valence-corrected chi connectivity index (χ2v) is 9.83. The molecule has 1 atom stereocenters. The third-order valence-corrected chi connectivity index (χ3v) is 7.02. The Hall–Kier alpha value is -3.32. The summed E-state index contributed by atoms with van der Waals surface area (Å²) >= 11 is 13.2. The lowest BCUT2D eigenvalue weighted by molar-refractivity contribution is -0.115. The first-order chi connectivity index (χ1) is 17.0. The van der Waals surface area contributed by atoms with Crippen molar-refractivity contribution in [2.24, 2.45) is 0 Å². The van der Waals surface area contributed by atoms with Gasteiger partial charge in [0, 0.05) is 27.0 Å². The largest absolute Gasteiger partial charge is 0.332 e. The van der Waals surface area contributed by atoms with Crippen LogP contribution >= 0.6 is 35.6 Å². The molecule has 0 aliphatic carbocycles. The predicted octanol–water partition coefficient (Wildman–Crippen LogP) is 7.93. The summed E-state index contributed by atoms with van der Waals surface area (Å²) in [6.07, 6.45) is 0. The number of anilines is 3. The minimum Gasteiger partial charge on any atom is -0.332 e. The Morgan fingerprint density at radius 2 is 1.40 bits per heavy atom. The highest BCUT2D eigenvalue weighted by atomic mass is 35.5. The van der Waals surface area contributed by atoms with Crippen molar-refractivity contribution in [1.82, 2.24) is 0 Å². The molecule has 7 heteroatoms. The van der Waals surface area contributed by atoms with Gasteiger partial charge < -0.3 is 16.0 Å². The van der Waals surface area contributed by atoms with Gasteiger partial charge in [-0.1, -0.05) is 72.3 Å². The number of aryl methyl sites for hydroxylation is 1. The monoisotopic (exact) mass is 517 g/mol. The first-order valence-electron chi connectivity index (χ1n) is 11.0. The number of para-hydroxylation sites is 1. The minimum absolute atomic E-state index is 0.124. The maximum absolute atomic E-state index is 13.4. The zero-order valence-corrected chi connectivity index (χ0v) is 21.4. The van der Waals surface area contributed by atoms with Crippen molar-refractivity contribution in [2.45, 2.75) is 17.1 Å². The number of halogens is 1. The zero-order valence-electron chi connectivity index (χ0n) is 19.0. The number of carbonyl (C=O) groups is 1. The lowest BCUT2D eigenvalue weighted by Crippen LogP contribution is -2.19. The van der Waals surface area contributed by atoms with Gasteiger partial charge in [-0.25, -0.2) is 0 Å². The summed E-state index contributed by atoms with van der Waals surface area (Å²) in [5.41, 5.74) is 4.28. The summed E-state index contributed by atoms with van der Waals surface area (Å²) in [6.45, 7) is 1.93. The number of nitrogens with one attached hydrogen (secondary N) is 3. The quantitative estimate of drug-likeness (QED) is 0.172. The third kappa shape index (κ3) is 7.09. The number of thiocarbonyl (C=S) groups is 1. The Kier molecular flexibility index (Phi) is 8.42. The van der Waals surface area contributed by atoms with E-state index in [0.717, 1.165) is 27.4 Å². The lowest BCUT2D eigenvalue weighted by Gasteiger charge is -2.18. The topological polar surface area (TPSA) is 53.2 Å². The molecule has 4 aromatic rings. The van der Waals surface area contributed by atoms with Gasteiger partial charge in [0.1, 0.15) is 5.25 Å². The fraction of sp³-hybridized carbons (Fsp3) is 0.0714. The van der Waals surface area contributed by atoms with Crippen molar-refractivity contribution in [1.29, 1.82) is 0 Å². The van der Waals surface area contributed by atoms with Gasteiger partial charge in [-0.2, -0.15) is 0 Å². The fourth-order valence-electron chi connectivity index (χ4n) is 3.38. The first-order valence-corrected chi connectivity index (χ1v) is 12.7. The normalized spacial score (nSPS) is 11.4. The molecule has 0 aliphatic rings. The SMILES string of the molecule is Cc1ccc(NC(=O)C(Sc2cccc(NC(=S)Nc3ccccc3)c2)c2ccccc2)cc1Cl. The maximum Gasteiger partial charge on any atom is 0.242 e. The van der Waals surface area contributed by atoms with Crippen LogP contribution in [0, 0.1) is 6.92 Å². The standard InChI is InChI=1S/C28H24ClN3OS2/c1-19-15-16-23(18-25(19)29)30-27(33)26(20-9-4-2-5-10-20)35-24-14-8-13-22(17-24)32-28(34)31-21-11-6-3-7-12-21/h2-18,26H,1H3,(H,30,33)(H2,31,32,34). The molecule has 0 saturated heterocycles. The fourth-order valence-corrected chi connectivity index (χ4v) is 4.88. The van der Waals surface area contributed by atoms with E-state index in [1.54, 1.807) is 6.07 Å². The van der Waals surface area contributed by atoms with Gasteiger partial charge in [0.2, 0.25) is 5.91 Å². The van der Waals surface area contributed by atoms with Crippen LogP contribution in [0.1, 0.15) is 16.4 Å². The number of rotatable bonds is 7. The van der Waals surface area contributed by atoms with Gasteiger partial charge in [0.05, 0.1) is 0 Å². The molecule has 0 saturated carbocycles. The van der Waals surface area contributed by atoms with Gasteiger partial charge in [0.15, 0.2) is 5.11 Å². The number of thioether (sulfide) groups is 1. The van der Waals surface area contributed by atoms with Crippen LogP contribution in [0.15, 0.2) is 108 Å². The summed E-state index contributed by atoms with van der Waals surface area (Å²) in [6, 6.07) is 32.8. The van der Waals surface area contributed by atoms with Gasteiger partial charge in [-0.05, 0) is 72.7 Å². The molecule has 0 radical (unpaired) electrons. The number of hydrogen-bond donors (Lipinski definition) is 3. The van der Waals surface area contributed by atoms with Crippen LogP contribution in [0.5, 0.6) is 0 Å². The average Bonchev–Trinajstić information content (AvgIpc) is 2.86. The Balaban J connectivity index is 1.50. The second-order valence-electron chi connectivity index (χ2n) is 7.83. The van der Waals surface area contributed by atoms with Crippen molar-refractivity contribution in [3.8, 4) is 0 Å². The summed E-state index contributed by atoms with van der Waals surface area (Å²) < 4.78 is 0. The molecule has 1 amide bonds. The Bertz CT molecular complexity index is 1320.